The van der Waals surface area contributed by atoms with E-state index in [-0.39, 0.29) is 0 Å². The Bertz CT molecular complexity index is 527. The van der Waals surface area contributed by atoms with E-state index < -0.39 is 63.2 Å². The van der Waals surface area contributed by atoms with Gasteiger partial charge < -0.3 is 33.8 Å². The fraction of sp³-hybridized carbons (Fsp3) is 0.667. The monoisotopic (exact) mass is 338 g/mol. The van der Waals surface area contributed by atoms with E-state index in [1.165, 1.54) is 0 Å². The highest BCUT2D eigenvalue weighted by Gasteiger charge is 2.50. The van der Waals surface area contributed by atoms with Crippen LogP contribution in [0.4, 0.5) is 4.79 Å². The molecule has 0 unspecified atom stereocenters. The van der Waals surface area contributed by atoms with Gasteiger partial charge in [0.15, 0.2) is 6.23 Å². The van der Waals surface area contributed by atoms with Gasteiger partial charge >= 0.3 is 6.03 Å². The molecule has 2 saturated heterocycles. The molecular formula is C9H11N2O10P-2. The molecule has 0 spiro atoms. The van der Waals surface area contributed by atoms with Crippen LogP contribution < -0.4 is 15.1 Å². The molecule has 2 rings (SSSR count). The van der Waals surface area contributed by atoms with Gasteiger partial charge in [0.2, 0.25) is 11.8 Å². The molecule has 0 aromatic heterocycles. The minimum absolute atomic E-state index is 0.392. The quantitative estimate of drug-likeness (QED) is 0.334. The van der Waals surface area contributed by atoms with E-state index in [9.17, 15) is 38.9 Å². The minimum atomic E-state index is -5.33. The van der Waals surface area contributed by atoms with E-state index >= 15 is 0 Å². The van der Waals surface area contributed by atoms with Gasteiger partial charge in [-0.05, 0) is 0 Å². The van der Waals surface area contributed by atoms with Crippen molar-refractivity contribution in [2.24, 2.45) is 0 Å². The summed E-state index contributed by atoms with van der Waals surface area (Å²) in [5.41, 5.74) is 0. The van der Waals surface area contributed by atoms with Gasteiger partial charge in [-0.25, -0.2) is 9.69 Å². The van der Waals surface area contributed by atoms with Crippen molar-refractivity contribution in [1.82, 2.24) is 10.2 Å². The summed E-state index contributed by atoms with van der Waals surface area (Å²) in [4.78, 5) is 55.5. The summed E-state index contributed by atoms with van der Waals surface area (Å²) in [5, 5.41) is 21.3. The van der Waals surface area contributed by atoms with Gasteiger partial charge in [-0.1, -0.05) is 0 Å². The number of ether oxygens (including phenoxy) is 1. The molecule has 4 amide bonds. The maximum Gasteiger partial charge on any atom is 0.333 e. The zero-order chi connectivity index (χ0) is 16.7. The zero-order valence-corrected chi connectivity index (χ0v) is 11.7. The molecule has 2 aliphatic heterocycles. The van der Waals surface area contributed by atoms with Gasteiger partial charge in [-0.15, -0.1) is 0 Å². The largest absolute Gasteiger partial charge is 0.790 e. The number of imide groups is 2. The van der Waals surface area contributed by atoms with Crippen LogP contribution >= 0.6 is 7.82 Å². The fourth-order valence-corrected chi connectivity index (χ4v) is 2.39. The number of hydrogen-bond donors (Lipinski definition) is 3. The molecule has 0 aromatic carbocycles. The molecule has 2 aliphatic rings. The third kappa shape index (κ3) is 3.50. The standard InChI is InChI=1S/C9H13N2O10P/c12-4-1-5(13)11(9(16)10-4)8-7(15)6(14)3(21-8)2-20-22(17,18)19/h3,6-8,14-15H,1-2H2,(H,10,12,16)(H2,17,18,19)/p-2/t3-,6-,7-,8-/m1/s1. The Morgan fingerprint density at radius 3 is 2.50 bits per heavy atom. The first-order valence-electron chi connectivity index (χ1n) is 5.94. The molecule has 0 aromatic rings. The first kappa shape index (κ1) is 17.0. The maximum atomic E-state index is 11.7. The van der Waals surface area contributed by atoms with Crippen LogP contribution in [-0.4, -0.2) is 64.1 Å². The molecule has 2 fully saturated rings. The minimum Gasteiger partial charge on any atom is -0.790 e. The second-order valence-electron chi connectivity index (χ2n) is 4.58. The number of amides is 4. The van der Waals surface area contributed by atoms with Gasteiger partial charge in [-0.3, -0.25) is 14.9 Å². The van der Waals surface area contributed by atoms with Gasteiger partial charge in [0.25, 0.3) is 0 Å². The summed E-state index contributed by atoms with van der Waals surface area (Å²) >= 11 is 0. The van der Waals surface area contributed by atoms with Crippen LogP contribution in [0.3, 0.4) is 0 Å². The van der Waals surface area contributed by atoms with E-state index in [1.807, 2.05) is 5.32 Å². The summed E-state index contributed by atoms with van der Waals surface area (Å²) in [6, 6.07) is -1.16. The normalized spacial score (nSPS) is 33.3. The number of rotatable bonds is 4. The number of phosphoric acid groups is 1. The molecule has 2 heterocycles. The van der Waals surface area contributed by atoms with E-state index in [0.29, 0.717) is 4.90 Å². The van der Waals surface area contributed by atoms with Crippen molar-refractivity contribution in [1.29, 1.82) is 0 Å². The number of aliphatic hydroxyl groups is 2. The highest BCUT2D eigenvalue weighted by molar-refractivity contribution is 7.43. The molecule has 0 aliphatic carbocycles. The van der Waals surface area contributed by atoms with Crippen molar-refractivity contribution < 1.29 is 48.2 Å². The summed E-state index contributed by atoms with van der Waals surface area (Å²) in [7, 11) is -5.33. The van der Waals surface area contributed by atoms with Crippen molar-refractivity contribution >= 4 is 25.7 Å². The van der Waals surface area contributed by atoms with Gasteiger partial charge in [0.05, 0.1) is 14.4 Å². The summed E-state index contributed by atoms with van der Waals surface area (Å²) in [6.07, 6.45) is -7.26. The number of carbonyl (C=O) groups excluding carboxylic acids is 3. The molecular weight excluding hydrogens is 327 g/mol. The van der Waals surface area contributed by atoms with Gasteiger partial charge in [-0.2, -0.15) is 0 Å². The highest BCUT2D eigenvalue weighted by Crippen LogP contribution is 2.30. The molecule has 124 valence electrons. The molecule has 0 radical (unpaired) electrons. The lowest BCUT2D eigenvalue weighted by Gasteiger charge is -2.31. The van der Waals surface area contributed by atoms with Crippen LogP contribution in [0.25, 0.3) is 0 Å². The number of hydrogen-bond acceptors (Lipinski definition) is 10. The lowest BCUT2D eigenvalue weighted by atomic mass is 10.1. The van der Waals surface area contributed by atoms with E-state index in [2.05, 4.69) is 4.52 Å². The second-order valence-corrected chi connectivity index (χ2v) is 5.74. The molecule has 13 heteroatoms. The van der Waals surface area contributed by atoms with Crippen LogP contribution in [0.5, 0.6) is 0 Å². The number of phosphoric ester groups is 1. The van der Waals surface area contributed by atoms with E-state index in [0.717, 1.165) is 0 Å². The second kappa shape index (κ2) is 6.01. The predicted molar refractivity (Wildman–Crippen MR) is 59.2 cm³/mol. The number of barbiturate groups is 1. The van der Waals surface area contributed by atoms with Crippen molar-refractivity contribution in [2.75, 3.05) is 6.61 Å². The van der Waals surface area contributed by atoms with Crippen molar-refractivity contribution in [3.05, 3.63) is 0 Å². The lowest BCUT2D eigenvalue weighted by Crippen LogP contribution is -2.59. The molecule has 12 nitrogen and oxygen atoms in total. The zero-order valence-electron chi connectivity index (χ0n) is 10.8. The first-order chi connectivity index (χ1) is 10.1. The third-order valence-corrected chi connectivity index (χ3v) is 3.50. The Kier molecular flexibility index (Phi) is 4.63. The molecule has 22 heavy (non-hydrogen) atoms. The Morgan fingerprint density at radius 2 is 1.95 bits per heavy atom. The van der Waals surface area contributed by atoms with Crippen LogP contribution in [-0.2, 0) is 23.4 Å². The maximum absolute atomic E-state index is 11.7. The average molecular weight is 338 g/mol. The Morgan fingerprint density at radius 1 is 1.32 bits per heavy atom. The summed E-state index contributed by atoms with van der Waals surface area (Å²) < 4.78 is 19.3. The van der Waals surface area contributed by atoms with Gasteiger partial charge in [0.1, 0.15) is 24.7 Å². The van der Waals surface area contributed by atoms with Crippen molar-refractivity contribution in [3.63, 3.8) is 0 Å². The number of nitrogens with one attached hydrogen (secondary N) is 1. The number of nitrogens with zero attached hydrogens (tertiary/aromatic N) is 1. The molecule has 0 saturated carbocycles. The van der Waals surface area contributed by atoms with E-state index in [4.69, 9.17) is 4.74 Å². The topological polar surface area (TPSA) is 189 Å². The van der Waals surface area contributed by atoms with Crippen molar-refractivity contribution in [3.8, 4) is 0 Å². The Hall–Kier alpha value is -1.40. The number of urea groups is 1. The number of carbonyl (C=O) groups is 3. The van der Waals surface area contributed by atoms with Crippen LogP contribution in [0.15, 0.2) is 0 Å². The van der Waals surface area contributed by atoms with Gasteiger partial charge in [0, 0.05) is 0 Å². The van der Waals surface area contributed by atoms with Crippen LogP contribution in [0.1, 0.15) is 6.42 Å². The predicted octanol–water partition coefficient (Wildman–Crippen LogP) is -4.25. The number of aliphatic hydroxyl groups excluding tert-OH is 2. The highest BCUT2D eigenvalue weighted by atomic mass is 31.2. The first-order valence-corrected chi connectivity index (χ1v) is 7.40. The Labute approximate surface area is 122 Å². The molecule has 3 N–H and O–H groups in total. The summed E-state index contributed by atoms with van der Waals surface area (Å²) in [5.74, 6) is -1.80. The molecule has 0 bridgehead atoms. The van der Waals surface area contributed by atoms with E-state index in [1.54, 1.807) is 0 Å². The average Bonchev–Trinajstić information content (AvgIpc) is 2.63. The Balaban J connectivity index is 2.09. The SMILES string of the molecule is O=C1CC(=O)N([C@@H]2O[C@H](COP(=O)([O-])[O-])[C@@H](O)[C@H]2O)C(=O)N1. The lowest BCUT2D eigenvalue weighted by molar-refractivity contribution is -0.343. The fourth-order valence-electron chi connectivity index (χ4n) is 2.06. The molecule has 4 atom stereocenters. The van der Waals surface area contributed by atoms with Crippen LogP contribution in [0, 0.1) is 0 Å². The van der Waals surface area contributed by atoms with Crippen molar-refractivity contribution in [2.45, 2.75) is 31.0 Å². The summed E-state index contributed by atoms with van der Waals surface area (Å²) in [6.45, 7) is -0.901. The smallest absolute Gasteiger partial charge is 0.333 e. The van der Waals surface area contributed by atoms with Crippen LogP contribution in [0.2, 0.25) is 0 Å². The third-order valence-electron chi connectivity index (χ3n) is 3.03.